The minimum atomic E-state index is -1.92. The summed E-state index contributed by atoms with van der Waals surface area (Å²) in [5.41, 5.74) is 4.09. The van der Waals surface area contributed by atoms with Crippen molar-refractivity contribution in [1.29, 1.82) is 0 Å². The fraction of sp³-hybridized carbons (Fsp3) is 0.484. The van der Waals surface area contributed by atoms with Crippen LogP contribution in [0.3, 0.4) is 0 Å². The molecule has 3 unspecified atom stereocenters. The van der Waals surface area contributed by atoms with E-state index in [-0.39, 0.29) is 42.1 Å². The largest absolute Gasteiger partial charge is 0.458 e. The highest BCUT2D eigenvalue weighted by Gasteiger charge is 2.44. The van der Waals surface area contributed by atoms with Crippen LogP contribution in [-0.4, -0.2) is 60.5 Å². The summed E-state index contributed by atoms with van der Waals surface area (Å²) in [6.07, 6.45) is 5.88. The second kappa shape index (κ2) is 12.6. The van der Waals surface area contributed by atoms with Crippen LogP contribution in [0.15, 0.2) is 23.3 Å². The zero-order chi connectivity index (χ0) is 29.9. The number of benzene rings is 1. The Bertz CT molecular complexity index is 1430. The molecule has 1 saturated heterocycles. The van der Waals surface area contributed by atoms with Crippen molar-refractivity contribution in [1.82, 2.24) is 20.9 Å². The molecule has 4 N–H and O–H groups in total. The van der Waals surface area contributed by atoms with Crippen LogP contribution in [0.1, 0.15) is 74.0 Å². The Balaban J connectivity index is 0.000000424. The summed E-state index contributed by atoms with van der Waals surface area (Å²) in [6, 6.07) is 1.76. The molecule has 3 aliphatic heterocycles. The first-order valence-corrected chi connectivity index (χ1v) is 14.3. The molecular formula is C31H39FN4O5. The van der Waals surface area contributed by atoms with Crippen LogP contribution in [0, 0.1) is 12.7 Å². The molecule has 3 atom stereocenters. The lowest BCUT2D eigenvalue weighted by Gasteiger charge is -2.31. The van der Waals surface area contributed by atoms with Crippen molar-refractivity contribution < 1.29 is 28.6 Å². The molecule has 0 saturated carbocycles. The molecule has 0 spiro atoms. The van der Waals surface area contributed by atoms with Gasteiger partial charge in [0.05, 0.1) is 22.9 Å². The number of aryl methyl sites for hydroxylation is 1. The monoisotopic (exact) mass is 566 g/mol. The van der Waals surface area contributed by atoms with E-state index in [0.29, 0.717) is 35.3 Å². The molecule has 1 aliphatic carbocycles. The van der Waals surface area contributed by atoms with E-state index in [2.05, 4.69) is 16.0 Å². The Morgan fingerprint density at radius 2 is 2.00 bits per heavy atom. The predicted octanol–water partition coefficient (Wildman–Crippen LogP) is 3.10. The maximum absolute atomic E-state index is 14.7. The third-order valence-corrected chi connectivity index (χ3v) is 8.29. The van der Waals surface area contributed by atoms with E-state index in [1.54, 1.807) is 13.0 Å². The highest BCUT2D eigenvalue weighted by Crippen LogP contribution is 2.43. The van der Waals surface area contributed by atoms with Gasteiger partial charge in [0.25, 0.3) is 0 Å². The minimum Gasteiger partial charge on any atom is -0.458 e. The number of nitrogens with zero attached hydrogens (tertiary/aromatic N) is 1. The molecule has 9 nitrogen and oxygen atoms in total. The maximum atomic E-state index is 14.7. The topological polar surface area (TPSA) is 130 Å². The van der Waals surface area contributed by atoms with E-state index in [9.17, 15) is 23.9 Å². The van der Waals surface area contributed by atoms with Crippen molar-refractivity contribution in [2.45, 2.75) is 77.6 Å². The van der Waals surface area contributed by atoms with Gasteiger partial charge in [0, 0.05) is 40.7 Å². The highest BCUT2D eigenvalue weighted by atomic mass is 19.1. The fourth-order valence-corrected chi connectivity index (χ4v) is 5.78. The van der Waals surface area contributed by atoms with Gasteiger partial charge in [-0.3, -0.25) is 4.79 Å². The zero-order valence-corrected chi connectivity index (χ0v) is 24.3. The molecule has 0 bridgehead atoms. The van der Waals surface area contributed by atoms with E-state index in [1.807, 2.05) is 27.8 Å². The van der Waals surface area contributed by atoms with Crippen molar-refractivity contribution >= 4 is 35.1 Å². The lowest BCUT2D eigenvalue weighted by molar-refractivity contribution is -0.162. The number of hydrogen-bond acceptors (Lipinski definition) is 9. The third-order valence-electron chi connectivity index (χ3n) is 8.29. The molecule has 220 valence electrons. The number of aliphatic hydroxyl groups is 1. The molecule has 4 heterocycles. The fourth-order valence-electron chi connectivity index (χ4n) is 5.78. The molecule has 1 fully saturated rings. The number of cyclic esters (lactones) is 1. The lowest BCUT2D eigenvalue weighted by atomic mass is 9.81. The van der Waals surface area contributed by atoms with E-state index in [0.717, 1.165) is 54.2 Å². The average molecular weight is 567 g/mol. The number of ether oxygens (including phenoxy) is 1. The first kappa shape index (κ1) is 30.5. The number of pyridine rings is 1. The summed E-state index contributed by atoms with van der Waals surface area (Å²) in [5, 5.41) is 21.7. The van der Waals surface area contributed by atoms with Gasteiger partial charge >= 0.3 is 5.97 Å². The molecular weight excluding hydrogens is 527 g/mol. The summed E-state index contributed by atoms with van der Waals surface area (Å²) in [7, 11) is 1.92. The van der Waals surface area contributed by atoms with E-state index in [1.165, 1.54) is 6.07 Å². The van der Waals surface area contributed by atoms with Gasteiger partial charge in [-0.2, -0.15) is 0 Å². The molecule has 2 aromatic rings. The molecule has 6 rings (SSSR count). The van der Waals surface area contributed by atoms with Gasteiger partial charge in [-0.1, -0.05) is 20.8 Å². The van der Waals surface area contributed by atoms with Gasteiger partial charge in [-0.15, -0.1) is 0 Å². The van der Waals surface area contributed by atoms with Gasteiger partial charge in [-0.05, 0) is 69.0 Å². The number of carbonyl (C=O) groups excluding carboxylic acids is 3. The Morgan fingerprint density at radius 3 is 2.56 bits per heavy atom. The molecule has 10 heteroatoms. The number of halogens is 1. The van der Waals surface area contributed by atoms with E-state index >= 15 is 0 Å². The summed E-state index contributed by atoms with van der Waals surface area (Å²) >= 11 is 0. The standard InChI is InChI=1S/C25H26FN3O4.C4H7NO.C2H6/c1-4-25(32)16(13(10-30)11-33-24(25)31)7-20-23-15(9-28-20)22-18(27-3)6-5-14-12(2)17(26)8-19(29-23)21(14)22;6-3-4-1-2-5-4;1-2/h7-8,10,18,27-28,32H,4-6,9,11H2,1-3H3;3-5H,1-2H2;1-2H3/b20-7-;;. The smallest absolute Gasteiger partial charge is 0.343 e. The lowest BCUT2D eigenvalue weighted by Crippen LogP contribution is -2.45. The number of aromatic nitrogens is 1. The molecule has 1 aromatic carbocycles. The number of carbonyl (C=O) groups is 3. The Kier molecular flexibility index (Phi) is 9.36. The molecule has 0 amide bonds. The quantitative estimate of drug-likeness (QED) is 0.319. The van der Waals surface area contributed by atoms with Crippen molar-refractivity contribution in [2.24, 2.45) is 0 Å². The Labute approximate surface area is 239 Å². The van der Waals surface area contributed by atoms with Crippen molar-refractivity contribution in [3.8, 4) is 0 Å². The molecule has 0 radical (unpaired) electrons. The van der Waals surface area contributed by atoms with Crippen molar-refractivity contribution in [3.05, 3.63) is 57.1 Å². The Hall–Kier alpha value is -3.47. The number of nitrogens with one attached hydrogen (secondary N) is 3. The van der Waals surface area contributed by atoms with Crippen LogP contribution >= 0.6 is 0 Å². The third kappa shape index (κ3) is 5.31. The van der Waals surface area contributed by atoms with Crippen LogP contribution in [0.4, 0.5) is 4.39 Å². The second-order valence-electron chi connectivity index (χ2n) is 10.3. The van der Waals surface area contributed by atoms with Gasteiger partial charge in [0.2, 0.25) is 0 Å². The maximum Gasteiger partial charge on any atom is 0.343 e. The van der Waals surface area contributed by atoms with Gasteiger partial charge in [-0.25, -0.2) is 14.2 Å². The number of hydrogen-bond donors (Lipinski definition) is 4. The molecule has 4 aliphatic rings. The zero-order valence-electron chi connectivity index (χ0n) is 24.3. The first-order chi connectivity index (χ1) is 19.8. The summed E-state index contributed by atoms with van der Waals surface area (Å²) in [6.45, 7) is 8.80. The highest BCUT2D eigenvalue weighted by molar-refractivity contribution is 5.95. The normalized spacial score (nSPS) is 25.1. The van der Waals surface area contributed by atoms with Crippen LogP contribution in [-0.2, 0) is 32.1 Å². The average Bonchev–Trinajstić information content (AvgIpc) is 3.37. The van der Waals surface area contributed by atoms with Crippen LogP contribution < -0.4 is 16.0 Å². The van der Waals surface area contributed by atoms with Gasteiger partial charge in [0.1, 0.15) is 25.0 Å². The number of esters is 1. The second-order valence-corrected chi connectivity index (χ2v) is 10.3. The van der Waals surface area contributed by atoms with Crippen LogP contribution in [0.25, 0.3) is 16.6 Å². The predicted molar refractivity (Wildman–Crippen MR) is 154 cm³/mol. The van der Waals surface area contributed by atoms with Crippen molar-refractivity contribution in [3.63, 3.8) is 0 Å². The number of rotatable bonds is 5. The first-order valence-electron chi connectivity index (χ1n) is 14.3. The van der Waals surface area contributed by atoms with Gasteiger partial charge in [0.15, 0.2) is 5.60 Å². The van der Waals surface area contributed by atoms with Crippen molar-refractivity contribution in [2.75, 3.05) is 20.2 Å². The number of aldehydes is 2. The SMILES string of the molecule is CC.CCC1(O)C(=O)OCC(C=O)=C1/C=C1\NCc2c1nc1cc(F)c(C)c3c1c2C(NC)CC3.O=CC1CCN1. The number of fused-ring (bicyclic) bond motifs is 2. The molecule has 41 heavy (non-hydrogen) atoms. The summed E-state index contributed by atoms with van der Waals surface area (Å²) in [4.78, 5) is 38.6. The van der Waals surface area contributed by atoms with Crippen LogP contribution in [0.2, 0.25) is 0 Å². The van der Waals surface area contributed by atoms with Crippen LogP contribution in [0.5, 0.6) is 0 Å². The minimum absolute atomic E-state index is 0.0568. The molecule has 1 aromatic heterocycles. The van der Waals surface area contributed by atoms with E-state index < -0.39 is 11.6 Å². The summed E-state index contributed by atoms with van der Waals surface area (Å²) < 4.78 is 19.8. The Morgan fingerprint density at radius 1 is 1.27 bits per heavy atom. The van der Waals surface area contributed by atoms with Gasteiger partial charge < -0.3 is 30.6 Å². The summed E-state index contributed by atoms with van der Waals surface area (Å²) in [5.74, 6) is -1.06. The van der Waals surface area contributed by atoms with E-state index in [4.69, 9.17) is 9.72 Å².